The molecule has 2 heterocycles. The Hall–Kier alpha value is -2.37. The van der Waals surface area contributed by atoms with E-state index in [2.05, 4.69) is 15.3 Å². The van der Waals surface area contributed by atoms with Crippen LogP contribution >= 0.6 is 0 Å². The number of anilines is 1. The average Bonchev–Trinajstić information content (AvgIpc) is 2.88. The summed E-state index contributed by atoms with van der Waals surface area (Å²) in [6, 6.07) is 3.20. The molecule has 0 saturated carbocycles. The molecule has 0 spiro atoms. The Kier molecular flexibility index (Phi) is 3.90. The third kappa shape index (κ3) is 3.31. The van der Waals surface area contributed by atoms with Crippen LogP contribution < -0.4 is 5.32 Å². The van der Waals surface area contributed by atoms with Crippen LogP contribution in [0.1, 0.15) is 16.8 Å². The molecular formula is C12H14N4O2. The van der Waals surface area contributed by atoms with Gasteiger partial charge in [0.2, 0.25) is 0 Å². The van der Waals surface area contributed by atoms with Gasteiger partial charge < -0.3 is 15.0 Å². The van der Waals surface area contributed by atoms with Gasteiger partial charge in [-0.05, 0) is 18.6 Å². The van der Waals surface area contributed by atoms with Crippen molar-refractivity contribution >= 4 is 11.8 Å². The van der Waals surface area contributed by atoms with Gasteiger partial charge >= 0.3 is 5.97 Å². The summed E-state index contributed by atoms with van der Waals surface area (Å²) in [6.45, 7) is 1.66. The SMILES string of the molecule is O=C(O)c1ccc(NCCCn2ccnc2)nc1. The van der Waals surface area contributed by atoms with Crippen molar-refractivity contribution in [3.63, 3.8) is 0 Å². The van der Waals surface area contributed by atoms with Crippen LogP contribution in [0.15, 0.2) is 37.1 Å². The van der Waals surface area contributed by atoms with E-state index < -0.39 is 5.97 Å². The summed E-state index contributed by atoms with van der Waals surface area (Å²) >= 11 is 0. The first kappa shape index (κ1) is 12.1. The maximum absolute atomic E-state index is 10.6. The van der Waals surface area contributed by atoms with Crippen LogP contribution in [-0.2, 0) is 6.54 Å². The van der Waals surface area contributed by atoms with Gasteiger partial charge in [-0.1, -0.05) is 0 Å². The number of aromatic nitrogens is 3. The van der Waals surface area contributed by atoms with E-state index in [-0.39, 0.29) is 5.56 Å². The quantitative estimate of drug-likeness (QED) is 0.754. The molecule has 0 aromatic carbocycles. The van der Waals surface area contributed by atoms with Crippen molar-refractivity contribution in [3.8, 4) is 0 Å². The van der Waals surface area contributed by atoms with Crippen molar-refractivity contribution in [1.82, 2.24) is 14.5 Å². The number of aryl methyl sites for hydroxylation is 1. The van der Waals surface area contributed by atoms with Crippen LogP contribution in [0.2, 0.25) is 0 Å². The zero-order valence-electron chi connectivity index (χ0n) is 9.78. The molecule has 0 aliphatic heterocycles. The second-order valence-electron chi connectivity index (χ2n) is 3.82. The van der Waals surface area contributed by atoms with E-state index in [4.69, 9.17) is 5.11 Å². The van der Waals surface area contributed by atoms with E-state index in [1.807, 2.05) is 10.8 Å². The van der Waals surface area contributed by atoms with E-state index in [9.17, 15) is 4.79 Å². The predicted octanol–water partition coefficient (Wildman–Crippen LogP) is 1.48. The lowest BCUT2D eigenvalue weighted by Crippen LogP contribution is -2.07. The highest BCUT2D eigenvalue weighted by Gasteiger charge is 2.02. The van der Waals surface area contributed by atoms with Crippen LogP contribution in [-0.4, -0.2) is 32.2 Å². The van der Waals surface area contributed by atoms with Crippen LogP contribution in [0.5, 0.6) is 0 Å². The molecule has 0 amide bonds. The summed E-state index contributed by atoms with van der Waals surface area (Å²) in [6.07, 6.45) is 7.73. The van der Waals surface area contributed by atoms with Gasteiger partial charge in [0.25, 0.3) is 0 Å². The van der Waals surface area contributed by atoms with Gasteiger partial charge in [0.15, 0.2) is 0 Å². The van der Waals surface area contributed by atoms with E-state index >= 15 is 0 Å². The van der Waals surface area contributed by atoms with Gasteiger partial charge in [0.1, 0.15) is 5.82 Å². The van der Waals surface area contributed by atoms with E-state index in [0.29, 0.717) is 5.82 Å². The van der Waals surface area contributed by atoms with Gasteiger partial charge in [-0.3, -0.25) is 0 Å². The van der Waals surface area contributed by atoms with Gasteiger partial charge in [-0.25, -0.2) is 14.8 Å². The molecule has 0 radical (unpaired) electrons. The van der Waals surface area contributed by atoms with Crippen LogP contribution in [0.25, 0.3) is 0 Å². The Bertz CT molecular complexity index is 493. The Labute approximate surface area is 104 Å². The Morgan fingerprint density at radius 1 is 1.44 bits per heavy atom. The summed E-state index contributed by atoms with van der Waals surface area (Å²) in [4.78, 5) is 18.6. The van der Waals surface area contributed by atoms with Crippen molar-refractivity contribution in [1.29, 1.82) is 0 Å². The molecule has 0 atom stereocenters. The number of rotatable bonds is 6. The summed E-state index contributed by atoms with van der Waals surface area (Å²) in [7, 11) is 0. The lowest BCUT2D eigenvalue weighted by Gasteiger charge is -2.06. The number of carboxylic acids is 1. The minimum atomic E-state index is -0.964. The lowest BCUT2D eigenvalue weighted by molar-refractivity contribution is 0.0696. The fraction of sp³-hybridized carbons (Fsp3) is 0.250. The molecule has 0 unspecified atom stereocenters. The predicted molar refractivity (Wildman–Crippen MR) is 66.5 cm³/mol. The van der Waals surface area contributed by atoms with E-state index in [1.165, 1.54) is 12.3 Å². The minimum absolute atomic E-state index is 0.193. The molecule has 2 rings (SSSR count). The van der Waals surface area contributed by atoms with E-state index in [0.717, 1.165) is 19.5 Å². The maximum atomic E-state index is 10.6. The fourth-order valence-corrected chi connectivity index (χ4v) is 1.52. The summed E-state index contributed by atoms with van der Waals surface area (Å²) in [5.74, 6) is -0.278. The number of carboxylic acid groups (broad SMARTS) is 1. The number of hydrogen-bond donors (Lipinski definition) is 2. The highest BCUT2D eigenvalue weighted by atomic mass is 16.4. The average molecular weight is 246 g/mol. The molecule has 0 aliphatic carbocycles. The van der Waals surface area contributed by atoms with Crippen molar-refractivity contribution in [2.45, 2.75) is 13.0 Å². The molecule has 18 heavy (non-hydrogen) atoms. The molecule has 0 bridgehead atoms. The van der Waals surface area contributed by atoms with Crippen LogP contribution in [0.4, 0.5) is 5.82 Å². The molecule has 0 fully saturated rings. The van der Waals surface area contributed by atoms with Gasteiger partial charge in [0.05, 0.1) is 11.9 Å². The van der Waals surface area contributed by atoms with Crippen molar-refractivity contribution < 1.29 is 9.90 Å². The summed E-state index contributed by atoms with van der Waals surface area (Å²) < 4.78 is 2.00. The third-order valence-corrected chi connectivity index (χ3v) is 2.47. The summed E-state index contributed by atoms with van der Waals surface area (Å²) in [5, 5.41) is 11.9. The van der Waals surface area contributed by atoms with Crippen molar-refractivity contribution in [2.24, 2.45) is 0 Å². The second kappa shape index (κ2) is 5.81. The van der Waals surface area contributed by atoms with Crippen molar-refractivity contribution in [2.75, 3.05) is 11.9 Å². The molecule has 2 N–H and O–H groups in total. The first-order valence-electron chi connectivity index (χ1n) is 5.64. The normalized spacial score (nSPS) is 10.2. The number of hydrogen-bond acceptors (Lipinski definition) is 4. The number of nitrogens with one attached hydrogen (secondary N) is 1. The largest absolute Gasteiger partial charge is 0.478 e. The van der Waals surface area contributed by atoms with E-state index in [1.54, 1.807) is 18.6 Å². The molecule has 94 valence electrons. The smallest absolute Gasteiger partial charge is 0.337 e. The van der Waals surface area contributed by atoms with Crippen LogP contribution in [0.3, 0.4) is 0 Å². The summed E-state index contributed by atoms with van der Waals surface area (Å²) in [5.41, 5.74) is 0.193. The third-order valence-electron chi connectivity index (χ3n) is 2.47. The van der Waals surface area contributed by atoms with Gasteiger partial charge in [0, 0.05) is 31.7 Å². The number of aromatic carboxylic acids is 1. The maximum Gasteiger partial charge on any atom is 0.337 e. The first-order valence-corrected chi connectivity index (χ1v) is 5.64. The first-order chi connectivity index (χ1) is 8.75. The molecule has 6 heteroatoms. The van der Waals surface area contributed by atoms with Crippen molar-refractivity contribution in [3.05, 3.63) is 42.6 Å². The standard InChI is InChI=1S/C12H14N4O2/c17-12(18)10-2-3-11(15-8-10)14-4-1-6-16-7-5-13-9-16/h2-3,5,7-9H,1,4,6H2,(H,14,15)(H,17,18). The molecule has 2 aromatic rings. The number of imidazole rings is 1. The highest BCUT2D eigenvalue weighted by molar-refractivity contribution is 5.87. The topological polar surface area (TPSA) is 80.0 Å². The zero-order chi connectivity index (χ0) is 12.8. The molecule has 0 aliphatic rings. The Morgan fingerprint density at radius 3 is 2.94 bits per heavy atom. The number of pyridine rings is 1. The monoisotopic (exact) mass is 246 g/mol. The molecule has 0 saturated heterocycles. The fourth-order valence-electron chi connectivity index (χ4n) is 1.52. The molecule has 2 aromatic heterocycles. The Morgan fingerprint density at radius 2 is 2.33 bits per heavy atom. The molecular weight excluding hydrogens is 232 g/mol. The molecule has 6 nitrogen and oxygen atoms in total. The number of carbonyl (C=O) groups is 1. The minimum Gasteiger partial charge on any atom is -0.478 e. The van der Waals surface area contributed by atoms with Gasteiger partial charge in [-0.15, -0.1) is 0 Å². The number of nitrogens with zero attached hydrogens (tertiary/aromatic N) is 3. The Balaban J connectivity index is 1.75. The zero-order valence-corrected chi connectivity index (χ0v) is 9.78. The second-order valence-corrected chi connectivity index (χ2v) is 3.82. The lowest BCUT2D eigenvalue weighted by atomic mass is 10.3. The van der Waals surface area contributed by atoms with Gasteiger partial charge in [-0.2, -0.15) is 0 Å². The van der Waals surface area contributed by atoms with Crippen LogP contribution in [0, 0.1) is 0 Å². The highest BCUT2D eigenvalue weighted by Crippen LogP contribution is 2.05.